The van der Waals surface area contributed by atoms with Gasteiger partial charge in [0.15, 0.2) is 5.78 Å². The standard InChI is InChI=1S/C23H22N4O2S/c1-23(2)10-18(28)16(19(29)11-23)12-24-22-26-21-15-13-25-27(14-6-4-3-5-7-14)17(15)8-9-20(21)30-22/h3-7,12-13,28H,8-11H2,1-2H3/b24-12+. The number of Topliss-reactive ketones (excluding diaryl/α,β-unsaturated/α-hetero) is 1. The lowest BCUT2D eigenvalue weighted by atomic mass is 9.77. The van der Waals surface area contributed by atoms with Crippen LogP contribution in [-0.4, -0.2) is 31.9 Å². The Bertz CT molecular complexity index is 1200. The van der Waals surface area contributed by atoms with E-state index in [1.807, 2.05) is 55.1 Å². The number of nitrogens with zero attached hydrogens (tertiary/aromatic N) is 4. The minimum absolute atomic E-state index is 0.0692. The van der Waals surface area contributed by atoms with Crippen molar-refractivity contribution in [1.82, 2.24) is 14.8 Å². The Morgan fingerprint density at radius 2 is 2.00 bits per heavy atom. The van der Waals surface area contributed by atoms with Crippen LogP contribution >= 0.6 is 11.3 Å². The van der Waals surface area contributed by atoms with Crippen LogP contribution in [-0.2, 0) is 17.6 Å². The summed E-state index contributed by atoms with van der Waals surface area (Å²) < 4.78 is 1.98. The third kappa shape index (κ3) is 3.29. The maximum atomic E-state index is 12.4. The zero-order valence-electron chi connectivity index (χ0n) is 16.9. The molecular weight excluding hydrogens is 396 g/mol. The van der Waals surface area contributed by atoms with Crippen molar-refractivity contribution >= 4 is 28.5 Å². The SMILES string of the molecule is CC1(C)CC(=O)C(/C=N/c2nc3c(s2)CCc2c-3cnn2-c2ccccc2)=C(O)C1. The summed E-state index contributed by atoms with van der Waals surface area (Å²) in [7, 11) is 0. The van der Waals surface area contributed by atoms with Gasteiger partial charge in [-0.2, -0.15) is 5.10 Å². The van der Waals surface area contributed by atoms with Crippen molar-refractivity contribution in [2.75, 3.05) is 0 Å². The summed E-state index contributed by atoms with van der Waals surface area (Å²) in [4.78, 5) is 22.7. The first-order valence-corrected chi connectivity index (χ1v) is 10.8. The smallest absolute Gasteiger partial charge is 0.209 e. The second-order valence-electron chi connectivity index (χ2n) is 8.58. The van der Waals surface area contributed by atoms with Crippen molar-refractivity contribution < 1.29 is 9.90 Å². The van der Waals surface area contributed by atoms with E-state index in [4.69, 9.17) is 4.98 Å². The molecule has 2 heterocycles. The number of carbonyl (C=O) groups is 1. The van der Waals surface area contributed by atoms with E-state index >= 15 is 0 Å². The Morgan fingerprint density at radius 3 is 2.77 bits per heavy atom. The normalized spacial score (nSPS) is 18.0. The zero-order valence-corrected chi connectivity index (χ0v) is 17.7. The fourth-order valence-corrected chi connectivity index (χ4v) is 5.10. The molecule has 0 spiro atoms. The molecule has 0 radical (unpaired) electrons. The number of ketones is 1. The van der Waals surface area contributed by atoms with Gasteiger partial charge >= 0.3 is 0 Å². The molecule has 0 fully saturated rings. The van der Waals surface area contributed by atoms with Crippen LogP contribution in [0.2, 0.25) is 0 Å². The molecule has 7 heteroatoms. The average Bonchev–Trinajstić information content (AvgIpc) is 3.30. The predicted molar refractivity (Wildman–Crippen MR) is 118 cm³/mol. The molecule has 2 aromatic heterocycles. The molecule has 0 atom stereocenters. The van der Waals surface area contributed by atoms with E-state index in [-0.39, 0.29) is 17.0 Å². The van der Waals surface area contributed by atoms with Crippen molar-refractivity contribution in [3.05, 3.63) is 58.4 Å². The molecule has 152 valence electrons. The summed E-state index contributed by atoms with van der Waals surface area (Å²) in [6.07, 6.45) is 6.02. The number of allylic oxidation sites excluding steroid dienone is 2. The number of carbonyl (C=O) groups excluding carboxylic acids is 1. The highest BCUT2D eigenvalue weighted by Gasteiger charge is 2.32. The Morgan fingerprint density at radius 1 is 1.20 bits per heavy atom. The van der Waals surface area contributed by atoms with Crippen LogP contribution in [0.3, 0.4) is 0 Å². The summed E-state index contributed by atoms with van der Waals surface area (Å²) in [5, 5.41) is 15.5. The van der Waals surface area contributed by atoms with E-state index < -0.39 is 0 Å². The third-order valence-electron chi connectivity index (χ3n) is 5.60. The fraction of sp³-hybridized carbons (Fsp3) is 0.304. The Kier molecular flexibility index (Phi) is 4.43. The zero-order chi connectivity index (χ0) is 20.9. The number of aliphatic hydroxyl groups is 1. The summed E-state index contributed by atoms with van der Waals surface area (Å²) in [6.45, 7) is 3.97. The molecule has 1 N–H and O–H groups in total. The Hall–Kier alpha value is -3.06. The van der Waals surface area contributed by atoms with Crippen molar-refractivity contribution in [2.45, 2.75) is 39.5 Å². The second-order valence-corrected chi connectivity index (χ2v) is 9.64. The van der Waals surface area contributed by atoms with Crippen LogP contribution < -0.4 is 0 Å². The van der Waals surface area contributed by atoms with Gasteiger partial charge in [0.05, 0.1) is 28.8 Å². The van der Waals surface area contributed by atoms with Gasteiger partial charge in [0.1, 0.15) is 5.76 Å². The molecule has 2 aliphatic carbocycles. The van der Waals surface area contributed by atoms with Crippen LogP contribution in [0.4, 0.5) is 5.13 Å². The number of thiazole rings is 1. The van der Waals surface area contributed by atoms with E-state index in [2.05, 4.69) is 10.1 Å². The van der Waals surface area contributed by atoms with Crippen LogP contribution in [0.1, 0.15) is 37.3 Å². The number of fused-ring (bicyclic) bond motifs is 3. The van der Waals surface area contributed by atoms with Gasteiger partial charge in [-0.3, -0.25) is 4.79 Å². The molecule has 0 amide bonds. The molecule has 0 aliphatic heterocycles. The van der Waals surface area contributed by atoms with E-state index in [1.165, 1.54) is 22.4 Å². The van der Waals surface area contributed by atoms with Gasteiger partial charge in [-0.15, -0.1) is 0 Å². The summed E-state index contributed by atoms with van der Waals surface area (Å²) in [5.74, 6) is 0.0491. The highest BCUT2D eigenvalue weighted by molar-refractivity contribution is 7.15. The van der Waals surface area contributed by atoms with Crippen molar-refractivity contribution in [3.8, 4) is 16.9 Å². The van der Waals surface area contributed by atoms with Crippen LogP contribution in [0.5, 0.6) is 0 Å². The largest absolute Gasteiger partial charge is 0.511 e. The lowest BCUT2D eigenvalue weighted by molar-refractivity contribution is -0.117. The van der Waals surface area contributed by atoms with Crippen LogP contribution in [0, 0.1) is 5.41 Å². The van der Waals surface area contributed by atoms with Gasteiger partial charge in [-0.1, -0.05) is 43.4 Å². The van der Waals surface area contributed by atoms with Gasteiger partial charge in [-0.25, -0.2) is 14.7 Å². The van der Waals surface area contributed by atoms with Crippen LogP contribution in [0.25, 0.3) is 16.9 Å². The number of aromatic nitrogens is 3. The number of hydrogen-bond donors (Lipinski definition) is 1. The minimum Gasteiger partial charge on any atom is -0.511 e. The Labute approximate surface area is 178 Å². The van der Waals surface area contributed by atoms with Crippen molar-refractivity contribution in [3.63, 3.8) is 0 Å². The molecule has 6 nitrogen and oxygen atoms in total. The van der Waals surface area contributed by atoms with Gasteiger partial charge in [0.25, 0.3) is 0 Å². The Balaban J connectivity index is 1.46. The lowest BCUT2D eigenvalue weighted by Crippen LogP contribution is -2.26. The van der Waals surface area contributed by atoms with E-state index in [0.29, 0.717) is 23.5 Å². The first-order valence-electron chi connectivity index (χ1n) is 10.0. The number of rotatable bonds is 3. The number of hydrogen-bond acceptors (Lipinski definition) is 6. The van der Waals surface area contributed by atoms with E-state index in [0.717, 1.165) is 35.5 Å². The number of para-hydroxylation sites is 1. The molecule has 1 aromatic carbocycles. The summed E-state index contributed by atoms with van der Waals surface area (Å²) in [5.41, 5.74) is 4.24. The number of aliphatic hydroxyl groups excluding tert-OH is 1. The van der Waals surface area contributed by atoms with Crippen molar-refractivity contribution in [1.29, 1.82) is 0 Å². The summed E-state index contributed by atoms with van der Waals surface area (Å²) in [6, 6.07) is 10.1. The van der Waals surface area contributed by atoms with Gasteiger partial charge < -0.3 is 5.11 Å². The molecule has 0 unspecified atom stereocenters. The number of benzene rings is 1. The van der Waals surface area contributed by atoms with Gasteiger partial charge in [-0.05, 0) is 30.4 Å². The number of aryl methyl sites for hydroxylation is 1. The van der Waals surface area contributed by atoms with E-state index in [9.17, 15) is 9.90 Å². The lowest BCUT2D eigenvalue weighted by Gasteiger charge is -2.28. The minimum atomic E-state index is -0.214. The maximum Gasteiger partial charge on any atom is 0.209 e. The molecule has 0 bridgehead atoms. The molecule has 2 aliphatic rings. The van der Waals surface area contributed by atoms with E-state index in [1.54, 1.807) is 0 Å². The predicted octanol–water partition coefficient (Wildman–Crippen LogP) is 5.00. The topological polar surface area (TPSA) is 80.4 Å². The monoisotopic (exact) mass is 418 g/mol. The highest BCUT2D eigenvalue weighted by atomic mass is 32.1. The average molecular weight is 419 g/mol. The molecule has 3 aromatic rings. The first-order chi connectivity index (χ1) is 14.4. The molecule has 30 heavy (non-hydrogen) atoms. The number of aliphatic imine (C=N–C) groups is 1. The fourth-order valence-electron chi connectivity index (χ4n) is 4.18. The van der Waals surface area contributed by atoms with Crippen LogP contribution in [0.15, 0.2) is 52.9 Å². The molecule has 5 rings (SSSR count). The maximum absolute atomic E-state index is 12.4. The van der Waals surface area contributed by atoms with Gasteiger partial charge in [0, 0.05) is 29.5 Å². The third-order valence-corrected chi connectivity index (χ3v) is 6.62. The highest BCUT2D eigenvalue weighted by Crippen LogP contribution is 2.40. The quantitative estimate of drug-likeness (QED) is 0.607. The van der Waals surface area contributed by atoms with Gasteiger partial charge in [0.2, 0.25) is 5.13 Å². The first kappa shape index (κ1) is 18.9. The summed E-state index contributed by atoms with van der Waals surface area (Å²) >= 11 is 1.53. The molecular formula is C23H22N4O2S. The molecule has 0 saturated heterocycles. The van der Waals surface area contributed by atoms with Crippen molar-refractivity contribution in [2.24, 2.45) is 10.4 Å². The molecule has 0 saturated carbocycles. The second kappa shape index (κ2) is 7.02.